The van der Waals surface area contributed by atoms with E-state index in [1.807, 2.05) is 13.8 Å². The minimum atomic E-state index is -0.578. The summed E-state index contributed by atoms with van der Waals surface area (Å²) in [6.45, 7) is 3.74. The second-order valence-electron chi connectivity index (χ2n) is 4.92. The van der Waals surface area contributed by atoms with Crippen molar-refractivity contribution in [3.8, 4) is 0 Å². The van der Waals surface area contributed by atoms with Gasteiger partial charge in [-0.3, -0.25) is 4.79 Å². The molecule has 6 nitrogen and oxygen atoms in total. The Balaban J connectivity index is 2.67. The van der Waals surface area contributed by atoms with Crippen LogP contribution in [0.1, 0.15) is 13.8 Å². The van der Waals surface area contributed by atoms with Gasteiger partial charge in [0.15, 0.2) is 0 Å². The highest BCUT2D eigenvalue weighted by Crippen LogP contribution is 2.10. The third-order valence-corrected chi connectivity index (χ3v) is 2.87. The smallest absolute Gasteiger partial charge is 0.319 e. The summed E-state index contributed by atoms with van der Waals surface area (Å²) in [4.78, 5) is 29.2. The fourth-order valence-corrected chi connectivity index (χ4v) is 1.66. The molecule has 1 atom stereocenters. The van der Waals surface area contributed by atoms with Gasteiger partial charge in [0.2, 0.25) is 5.91 Å². The average Bonchev–Trinajstić information content (AvgIpc) is 2.37. The van der Waals surface area contributed by atoms with Crippen molar-refractivity contribution >= 4 is 29.2 Å². The number of carbonyl (C=O) groups excluding carboxylic acids is 2. The Kier molecular flexibility index (Phi) is 5.76. The average molecular weight is 299 g/mol. The molecule has 20 heavy (non-hydrogen) atoms. The minimum Gasteiger partial charge on any atom is -0.347 e. The van der Waals surface area contributed by atoms with E-state index in [0.717, 1.165) is 0 Å². The lowest BCUT2D eigenvalue weighted by atomic mass is 10.0. The molecule has 0 aliphatic carbocycles. The Morgan fingerprint density at radius 1 is 1.30 bits per heavy atom. The van der Waals surface area contributed by atoms with Crippen LogP contribution < -0.4 is 10.6 Å². The monoisotopic (exact) mass is 298 g/mol. The Morgan fingerprint density at radius 2 is 1.95 bits per heavy atom. The Hall–Kier alpha value is -1.82. The van der Waals surface area contributed by atoms with Gasteiger partial charge in [0.1, 0.15) is 11.2 Å². The maximum absolute atomic E-state index is 12.0. The van der Waals surface area contributed by atoms with Crippen molar-refractivity contribution in [3.05, 3.63) is 23.5 Å². The zero-order valence-electron chi connectivity index (χ0n) is 12.0. The molecule has 0 saturated heterocycles. The van der Waals surface area contributed by atoms with Crippen LogP contribution in [0.25, 0.3) is 0 Å². The van der Waals surface area contributed by atoms with E-state index < -0.39 is 12.1 Å². The molecule has 3 amide bonds. The predicted molar refractivity (Wildman–Crippen MR) is 78.7 cm³/mol. The zero-order chi connectivity index (χ0) is 15.3. The Morgan fingerprint density at radius 3 is 2.40 bits per heavy atom. The number of amides is 3. The van der Waals surface area contributed by atoms with E-state index in [9.17, 15) is 9.59 Å². The summed E-state index contributed by atoms with van der Waals surface area (Å²) < 4.78 is 0. The van der Waals surface area contributed by atoms with Gasteiger partial charge >= 0.3 is 6.03 Å². The van der Waals surface area contributed by atoms with Crippen molar-refractivity contribution in [2.75, 3.05) is 19.4 Å². The van der Waals surface area contributed by atoms with E-state index in [0.29, 0.717) is 10.8 Å². The number of hydrogen-bond donors (Lipinski definition) is 2. The molecule has 1 aromatic heterocycles. The molecule has 1 heterocycles. The first-order chi connectivity index (χ1) is 9.31. The van der Waals surface area contributed by atoms with Crippen molar-refractivity contribution in [3.63, 3.8) is 0 Å². The molecule has 0 fully saturated rings. The molecule has 0 aliphatic heterocycles. The van der Waals surface area contributed by atoms with Gasteiger partial charge in [-0.25, -0.2) is 9.78 Å². The number of halogens is 1. The van der Waals surface area contributed by atoms with Crippen LogP contribution in [0, 0.1) is 5.92 Å². The first-order valence-electron chi connectivity index (χ1n) is 6.21. The molecule has 0 radical (unpaired) electrons. The van der Waals surface area contributed by atoms with E-state index >= 15 is 0 Å². The lowest BCUT2D eigenvalue weighted by Crippen LogP contribution is -2.50. The van der Waals surface area contributed by atoms with Gasteiger partial charge < -0.3 is 15.5 Å². The van der Waals surface area contributed by atoms with Gasteiger partial charge in [0, 0.05) is 14.1 Å². The minimum absolute atomic E-state index is 0.0148. The molecule has 0 spiro atoms. The van der Waals surface area contributed by atoms with Crippen LogP contribution in [-0.2, 0) is 4.79 Å². The van der Waals surface area contributed by atoms with Crippen molar-refractivity contribution in [1.82, 2.24) is 15.2 Å². The quantitative estimate of drug-likeness (QED) is 0.835. The van der Waals surface area contributed by atoms with Gasteiger partial charge in [0.05, 0.1) is 11.9 Å². The molecule has 1 aromatic rings. The van der Waals surface area contributed by atoms with Crippen LogP contribution in [0.15, 0.2) is 18.3 Å². The van der Waals surface area contributed by atoms with Crippen molar-refractivity contribution in [2.24, 2.45) is 5.92 Å². The van der Waals surface area contributed by atoms with Gasteiger partial charge in [-0.15, -0.1) is 0 Å². The second-order valence-corrected chi connectivity index (χ2v) is 5.31. The van der Waals surface area contributed by atoms with Crippen molar-refractivity contribution < 1.29 is 9.59 Å². The van der Waals surface area contributed by atoms with Gasteiger partial charge in [0.25, 0.3) is 0 Å². The topological polar surface area (TPSA) is 74.3 Å². The number of nitrogens with zero attached hydrogens (tertiary/aromatic N) is 2. The molecular formula is C13H19ClN4O2. The highest BCUT2D eigenvalue weighted by atomic mass is 35.5. The molecule has 110 valence electrons. The highest BCUT2D eigenvalue weighted by Gasteiger charge is 2.25. The van der Waals surface area contributed by atoms with Crippen LogP contribution in [-0.4, -0.2) is 42.0 Å². The van der Waals surface area contributed by atoms with Crippen LogP contribution in [0.2, 0.25) is 5.15 Å². The maximum atomic E-state index is 12.0. The maximum Gasteiger partial charge on any atom is 0.319 e. The molecule has 2 N–H and O–H groups in total. The molecule has 0 bridgehead atoms. The van der Waals surface area contributed by atoms with Gasteiger partial charge in [-0.2, -0.15) is 0 Å². The normalized spacial score (nSPS) is 11.9. The summed E-state index contributed by atoms with van der Waals surface area (Å²) in [5.74, 6) is -0.164. The molecule has 0 aliphatic rings. The number of hydrogen-bond acceptors (Lipinski definition) is 3. The van der Waals surface area contributed by atoms with Gasteiger partial charge in [-0.05, 0) is 18.1 Å². The highest BCUT2D eigenvalue weighted by molar-refractivity contribution is 6.29. The molecular weight excluding hydrogens is 280 g/mol. The van der Waals surface area contributed by atoms with Crippen LogP contribution in [0.3, 0.4) is 0 Å². The third-order valence-electron chi connectivity index (χ3n) is 2.65. The molecule has 0 aromatic carbocycles. The molecule has 1 rings (SSSR count). The Labute approximate surface area is 123 Å². The fraction of sp³-hybridized carbons (Fsp3) is 0.462. The van der Waals surface area contributed by atoms with E-state index in [1.54, 1.807) is 26.2 Å². The lowest BCUT2D eigenvalue weighted by molar-refractivity contribution is -0.131. The molecule has 0 unspecified atom stereocenters. The third kappa shape index (κ3) is 4.70. The second kappa shape index (κ2) is 7.09. The predicted octanol–water partition coefficient (Wildman–Crippen LogP) is 1.97. The lowest BCUT2D eigenvalue weighted by Gasteiger charge is -2.24. The number of nitrogens with one attached hydrogen (secondary N) is 2. The summed E-state index contributed by atoms with van der Waals surface area (Å²) in [7, 11) is 3.31. The summed E-state index contributed by atoms with van der Waals surface area (Å²) in [5.41, 5.74) is 0.506. The Bertz CT molecular complexity index is 474. The van der Waals surface area contributed by atoms with Crippen LogP contribution in [0.5, 0.6) is 0 Å². The number of rotatable bonds is 4. The van der Waals surface area contributed by atoms with Gasteiger partial charge in [-0.1, -0.05) is 25.4 Å². The molecule has 7 heteroatoms. The van der Waals surface area contributed by atoms with E-state index in [4.69, 9.17) is 11.6 Å². The number of likely N-dealkylation sites (N-methyl/N-ethyl adjacent to an activating group) is 1. The fourth-order valence-electron chi connectivity index (χ4n) is 1.55. The standard InChI is InChI=1S/C13H19ClN4O2/c1-8(2)11(12(19)18(3)4)17-13(20)16-9-5-6-10(14)15-7-9/h5-8,11H,1-4H3,(H2,16,17,20)/t11-/m0/s1. The number of urea groups is 1. The SMILES string of the molecule is CC(C)[C@H](NC(=O)Nc1ccc(Cl)nc1)C(=O)N(C)C. The van der Waals surface area contributed by atoms with E-state index in [2.05, 4.69) is 15.6 Å². The summed E-state index contributed by atoms with van der Waals surface area (Å²) in [6.07, 6.45) is 1.44. The zero-order valence-corrected chi connectivity index (χ0v) is 12.7. The summed E-state index contributed by atoms with van der Waals surface area (Å²) in [5, 5.41) is 5.61. The van der Waals surface area contributed by atoms with Crippen LogP contribution >= 0.6 is 11.6 Å². The van der Waals surface area contributed by atoms with E-state index in [-0.39, 0.29) is 11.8 Å². The number of carbonyl (C=O) groups is 2. The largest absolute Gasteiger partial charge is 0.347 e. The van der Waals surface area contributed by atoms with E-state index in [1.165, 1.54) is 11.1 Å². The van der Waals surface area contributed by atoms with Crippen molar-refractivity contribution in [1.29, 1.82) is 0 Å². The number of aromatic nitrogens is 1. The molecule has 0 saturated carbocycles. The van der Waals surface area contributed by atoms with Crippen molar-refractivity contribution in [2.45, 2.75) is 19.9 Å². The summed E-state index contributed by atoms with van der Waals surface area (Å²) >= 11 is 5.66. The summed E-state index contributed by atoms with van der Waals surface area (Å²) in [6, 6.07) is 2.17. The number of anilines is 1. The first-order valence-corrected chi connectivity index (χ1v) is 6.59. The van der Waals surface area contributed by atoms with Crippen LogP contribution in [0.4, 0.5) is 10.5 Å². The number of pyridine rings is 1. The first kappa shape index (κ1) is 16.2.